The Bertz CT molecular complexity index is 809. The maximum atomic E-state index is 13.1. The van der Waals surface area contributed by atoms with Crippen molar-refractivity contribution in [1.82, 2.24) is 9.80 Å². The van der Waals surface area contributed by atoms with Gasteiger partial charge in [0, 0.05) is 31.7 Å². The minimum Gasteiger partial charge on any atom is -0.483 e. The summed E-state index contributed by atoms with van der Waals surface area (Å²) in [4.78, 5) is 17.1. The predicted octanol–water partition coefficient (Wildman–Crippen LogP) is 4.28. The molecule has 0 saturated carbocycles. The van der Waals surface area contributed by atoms with E-state index < -0.39 is 0 Å². The number of piperazine rings is 1. The van der Waals surface area contributed by atoms with E-state index >= 15 is 0 Å². The zero-order valence-electron chi connectivity index (χ0n) is 17.6. The highest BCUT2D eigenvalue weighted by molar-refractivity contribution is 5.78. The van der Waals surface area contributed by atoms with Crippen LogP contribution in [0.4, 0.5) is 4.39 Å². The van der Waals surface area contributed by atoms with E-state index in [9.17, 15) is 9.18 Å². The highest BCUT2D eigenvalue weighted by Gasteiger charge is 2.32. The first-order valence-corrected chi connectivity index (χ1v) is 10.5. The summed E-state index contributed by atoms with van der Waals surface area (Å²) in [6, 6.07) is 14.9. The van der Waals surface area contributed by atoms with Gasteiger partial charge in [-0.25, -0.2) is 4.39 Å². The van der Waals surface area contributed by atoms with Crippen LogP contribution in [0.5, 0.6) is 5.75 Å². The Morgan fingerprint density at radius 3 is 2.52 bits per heavy atom. The van der Waals surface area contributed by atoms with Crippen molar-refractivity contribution in [2.24, 2.45) is 0 Å². The van der Waals surface area contributed by atoms with Gasteiger partial charge in [-0.2, -0.15) is 0 Å². The number of amides is 1. The summed E-state index contributed by atoms with van der Waals surface area (Å²) < 4.78 is 19.0. The van der Waals surface area contributed by atoms with Crippen LogP contribution in [-0.2, 0) is 17.8 Å². The molecule has 0 N–H and O–H groups in total. The Labute approximate surface area is 173 Å². The number of para-hydroxylation sites is 1. The van der Waals surface area contributed by atoms with E-state index in [-0.39, 0.29) is 30.4 Å². The molecule has 2 atom stereocenters. The van der Waals surface area contributed by atoms with Crippen molar-refractivity contribution in [2.45, 2.75) is 52.2 Å². The van der Waals surface area contributed by atoms with Crippen LogP contribution in [0.25, 0.3) is 0 Å². The molecule has 1 amide bonds. The molecule has 3 rings (SSSR count). The molecular formula is C24H31FN2O2. The fraction of sp³-hybridized carbons (Fsp3) is 0.458. The highest BCUT2D eigenvalue weighted by atomic mass is 19.1. The third-order valence-electron chi connectivity index (χ3n) is 5.58. The third-order valence-corrected chi connectivity index (χ3v) is 5.58. The molecule has 0 spiro atoms. The Morgan fingerprint density at radius 1 is 1.07 bits per heavy atom. The first-order chi connectivity index (χ1) is 14.0. The fourth-order valence-corrected chi connectivity index (χ4v) is 3.93. The normalized spacial score (nSPS) is 19.9. The second kappa shape index (κ2) is 9.88. The number of ether oxygens (including phenoxy) is 1. The lowest BCUT2D eigenvalue weighted by molar-refractivity contribution is -0.139. The van der Waals surface area contributed by atoms with Gasteiger partial charge in [-0.3, -0.25) is 9.69 Å². The van der Waals surface area contributed by atoms with E-state index in [0.29, 0.717) is 6.54 Å². The molecule has 4 nitrogen and oxygen atoms in total. The highest BCUT2D eigenvalue weighted by Crippen LogP contribution is 2.21. The van der Waals surface area contributed by atoms with Crippen molar-refractivity contribution in [2.75, 3.05) is 19.7 Å². The molecule has 0 aliphatic carbocycles. The number of halogens is 1. The number of rotatable bonds is 7. The van der Waals surface area contributed by atoms with E-state index in [1.54, 1.807) is 0 Å². The number of nitrogens with zero attached hydrogens (tertiary/aromatic N) is 2. The predicted molar refractivity (Wildman–Crippen MR) is 113 cm³/mol. The summed E-state index contributed by atoms with van der Waals surface area (Å²) in [6.45, 7) is 8.62. The van der Waals surface area contributed by atoms with Crippen LogP contribution in [0, 0.1) is 5.82 Å². The average Bonchev–Trinajstić information content (AvgIpc) is 2.71. The SMILES string of the molecule is CCCc1ccccc1OCC(=O)N1C[C@@H](C)N(Cc2ccc(F)cc2)C[C@@H]1C. The van der Waals surface area contributed by atoms with Gasteiger partial charge in [-0.1, -0.05) is 43.7 Å². The summed E-state index contributed by atoms with van der Waals surface area (Å²) >= 11 is 0. The largest absolute Gasteiger partial charge is 0.483 e. The van der Waals surface area contributed by atoms with Gasteiger partial charge in [0.25, 0.3) is 5.91 Å². The number of hydrogen-bond acceptors (Lipinski definition) is 3. The third kappa shape index (κ3) is 5.57. The standard InChI is InChI=1S/C24H31FN2O2/c1-4-7-21-8-5-6-9-23(21)29-17-24(28)27-15-18(2)26(14-19(27)3)16-20-10-12-22(25)13-11-20/h5-6,8-13,18-19H,4,7,14-17H2,1-3H3/t18-,19+/m1/s1. The summed E-state index contributed by atoms with van der Waals surface area (Å²) in [5.41, 5.74) is 2.23. The molecule has 0 unspecified atom stereocenters. The summed E-state index contributed by atoms with van der Waals surface area (Å²) in [7, 11) is 0. The Hall–Kier alpha value is -2.40. The van der Waals surface area contributed by atoms with E-state index in [2.05, 4.69) is 31.7 Å². The van der Waals surface area contributed by atoms with Gasteiger partial charge in [-0.15, -0.1) is 0 Å². The van der Waals surface area contributed by atoms with Gasteiger partial charge in [0.15, 0.2) is 6.61 Å². The van der Waals surface area contributed by atoms with Crippen molar-refractivity contribution >= 4 is 5.91 Å². The number of aryl methyl sites for hydroxylation is 1. The second-order valence-corrected chi connectivity index (χ2v) is 7.95. The van der Waals surface area contributed by atoms with E-state index in [1.165, 1.54) is 12.1 Å². The van der Waals surface area contributed by atoms with E-state index in [1.807, 2.05) is 35.2 Å². The molecule has 1 aliphatic heterocycles. The monoisotopic (exact) mass is 398 g/mol. The van der Waals surface area contributed by atoms with Crippen molar-refractivity contribution in [3.05, 3.63) is 65.5 Å². The van der Waals surface area contributed by atoms with Gasteiger partial charge >= 0.3 is 0 Å². The van der Waals surface area contributed by atoms with E-state index in [4.69, 9.17) is 4.74 Å². The van der Waals surface area contributed by atoms with Crippen LogP contribution in [0.3, 0.4) is 0 Å². The number of benzene rings is 2. The van der Waals surface area contributed by atoms with Crippen LogP contribution < -0.4 is 4.74 Å². The lowest BCUT2D eigenvalue weighted by Crippen LogP contribution is -2.58. The van der Waals surface area contributed by atoms with Gasteiger partial charge in [0.2, 0.25) is 0 Å². The van der Waals surface area contributed by atoms with E-state index in [0.717, 1.165) is 42.8 Å². The molecule has 1 aliphatic rings. The smallest absolute Gasteiger partial charge is 0.260 e. The summed E-state index contributed by atoms with van der Waals surface area (Å²) in [6.07, 6.45) is 1.98. The topological polar surface area (TPSA) is 32.8 Å². The van der Waals surface area contributed by atoms with Gasteiger partial charge in [0.1, 0.15) is 11.6 Å². The zero-order chi connectivity index (χ0) is 20.8. The average molecular weight is 399 g/mol. The maximum absolute atomic E-state index is 13.1. The van der Waals surface area contributed by atoms with Gasteiger partial charge < -0.3 is 9.64 Å². The maximum Gasteiger partial charge on any atom is 0.260 e. The zero-order valence-corrected chi connectivity index (χ0v) is 17.6. The molecule has 156 valence electrons. The van der Waals surface area contributed by atoms with Crippen LogP contribution in [0.1, 0.15) is 38.3 Å². The molecule has 2 aromatic carbocycles. The molecule has 29 heavy (non-hydrogen) atoms. The number of carbonyl (C=O) groups excluding carboxylic acids is 1. The summed E-state index contributed by atoms with van der Waals surface area (Å²) in [5, 5.41) is 0. The molecule has 0 radical (unpaired) electrons. The van der Waals surface area contributed by atoms with Crippen molar-refractivity contribution in [1.29, 1.82) is 0 Å². The number of carbonyl (C=O) groups is 1. The molecule has 2 aromatic rings. The molecule has 1 heterocycles. The molecule has 5 heteroatoms. The van der Waals surface area contributed by atoms with Crippen molar-refractivity contribution in [3.63, 3.8) is 0 Å². The molecule has 0 aromatic heterocycles. The van der Waals surface area contributed by atoms with Crippen molar-refractivity contribution < 1.29 is 13.9 Å². The first kappa shape index (κ1) is 21.3. The quantitative estimate of drug-likeness (QED) is 0.698. The molecule has 1 fully saturated rings. The minimum absolute atomic E-state index is 0.0251. The minimum atomic E-state index is -0.217. The van der Waals surface area contributed by atoms with Crippen LogP contribution >= 0.6 is 0 Å². The Morgan fingerprint density at radius 2 is 1.79 bits per heavy atom. The van der Waals surface area contributed by atoms with Crippen LogP contribution in [0.2, 0.25) is 0 Å². The fourth-order valence-electron chi connectivity index (χ4n) is 3.93. The molecule has 1 saturated heterocycles. The van der Waals surface area contributed by atoms with Crippen LogP contribution in [-0.4, -0.2) is 47.5 Å². The lowest BCUT2D eigenvalue weighted by atomic mass is 10.1. The Kier molecular flexibility index (Phi) is 7.26. The lowest BCUT2D eigenvalue weighted by Gasteiger charge is -2.44. The van der Waals surface area contributed by atoms with Crippen molar-refractivity contribution in [3.8, 4) is 5.75 Å². The Balaban J connectivity index is 1.56. The molecule has 0 bridgehead atoms. The second-order valence-electron chi connectivity index (χ2n) is 7.95. The van der Waals surface area contributed by atoms with Gasteiger partial charge in [-0.05, 0) is 49.6 Å². The van der Waals surface area contributed by atoms with Crippen LogP contribution in [0.15, 0.2) is 48.5 Å². The molecular weight excluding hydrogens is 367 g/mol. The first-order valence-electron chi connectivity index (χ1n) is 10.5. The van der Waals surface area contributed by atoms with Gasteiger partial charge in [0.05, 0.1) is 0 Å². The number of hydrogen-bond donors (Lipinski definition) is 0. The summed E-state index contributed by atoms with van der Waals surface area (Å²) in [5.74, 6) is 0.613.